The minimum atomic E-state index is -3.08. The zero-order valence-corrected chi connectivity index (χ0v) is 20.5. The van der Waals surface area contributed by atoms with Crippen molar-refractivity contribution in [2.24, 2.45) is 16.8 Å². The van der Waals surface area contributed by atoms with E-state index in [9.17, 15) is 8.42 Å². The molecule has 1 aromatic carbocycles. The number of nitrogens with zero attached hydrogens (tertiary/aromatic N) is 1. The fourth-order valence-corrected chi connectivity index (χ4v) is 5.15. The third kappa shape index (κ3) is 9.11. The fraction of sp³-hybridized carbons (Fsp3) is 0.667. The molecule has 0 amide bonds. The lowest BCUT2D eigenvalue weighted by Gasteiger charge is -2.32. The van der Waals surface area contributed by atoms with Crippen molar-refractivity contribution in [3.05, 3.63) is 35.9 Å². The number of hydrogen-bond donors (Lipinski definition) is 2. The lowest BCUT2D eigenvalue weighted by Crippen LogP contribution is -2.45. The number of aliphatic imine (C=N–C) groups is 1. The summed E-state index contributed by atoms with van der Waals surface area (Å²) in [5.41, 5.74) is 0.847. The van der Waals surface area contributed by atoms with Gasteiger partial charge in [-0.25, -0.2) is 8.42 Å². The van der Waals surface area contributed by atoms with E-state index >= 15 is 0 Å². The van der Waals surface area contributed by atoms with Crippen molar-refractivity contribution < 1.29 is 8.42 Å². The molecule has 0 aromatic heterocycles. The number of nitrogens with one attached hydrogen (secondary N) is 2. The van der Waals surface area contributed by atoms with Crippen LogP contribution in [0.15, 0.2) is 35.3 Å². The van der Waals surface area contributed by atoms with E-state index in [4.69, 9.17) is 0 Å². The second-order valence-electron chi connectivity index (χ2n) is 7.93. The normalized spacial score (nSPS) is 20.5. The van der Waals surface area contributed by atoms with Crippen molar-refractivity contribution in [2.45, 2.75) is 57.7 Å². The van der Waals surface area contributed by atoms with Crippen LogP contribution < -0.4 is 10.6 Å². The molecule has 0 radical (unpaired) electrons. The molecule has 28 heavy (non-hydrogen) atoms. The summed E-state index contributed by atoms with van der Waals surface area (Å²) in [5.74, 6) is 2.68. The zero-order chi connectivity index (χ0) is 19.7. The van der Waals surface area contributed by atoms with E-state index in [1.54, 1.807) is 7.05 Å². The van der Waals surface area contributed by atoms with Crippen molar-refractivity contribution in [1.29, 1.82) is 0 Å². The Morgan fingerprint density at radius 1 is 1.14 bits per heavy atom. The molecule has 7 heteroatoms. The smallest absolute Gasteiger partial charge is 0.191 e. The van der Waals surface area contributed by atoms with Gasteiger partial charge in [-0.3, -0.25) is 4.99 Å². The Bertz CT molecular complexity index is 685. The van der Waals surface area contributed by atoms with Gasteiger partial charge in [-0.05, 0) is 49.5 Å². The Kier molecular flexibility index (Phi) is 11.4. The molecule has 0 bridgehead atoms. The molecule has 0 unspecified atom stereocenters. The predicted octanol–water partition coefficient (Wildman–Crippen LogP) is 3.99. The summed E-state index contributed by atoms with van der Waals surface area (Å²) < 4.78 is 24.5. The summed E-state index contributed by atoms with van der Waals surface area (Å²) in [6, 6.07) is 9.82. The van der Waals surface area contributed by atoms with Gasteiger partial charge in [0.15, 0.2) is 15.8 Å². The van der Waals surface area contributed by atoms with Crippen molar-refractivity contribution in [3.63, 3.8) is 0 Å². The summed E-state index contributed by atoms with van der Waals surface area (Å²) in [5, 5.41) is 6.75. The van der Waals surface area contributed by atoms with Gasteiger partial charge in [0.2, 0.25) is 0 Å². The Balaban J connectivity index is 0.00000392. The number of hydrogen-bond acceptors (Lipinski definition) is 3. The third-order valence-corrected chi connectivity index (χ3v) is 7.12. The standard InChI is InChI=1S/C21H35N3O2S.HI/c1-17(2)19-10-12-20(13-11-19)24-21(22-3)23-14-7-15-27(25,26)16-18-8-5-4-6-9-18;/h4-6,8-9,17,19-20H,7,10-16H2,1-3H3,(H2,22,23,24);1H. The highest BCUT2D eigenvalue weighted by Gasteiger charge is 2.23. The molecule has 2 N–H and O–H groups in total. The molecule has 0 aliphatic heterocycles. The monoisotopic (exact) mass is 521 g/mol. The van der Waals surface area contributed by atoms with Crippen molar-refractivity contribution >= 4 is 39.8 Å². The molecule has 1 saturated carbocycles. The van der Waals surface area contributed by atoms with Crippen LogP contribution in [0.25, 0.3) is 0 Å². The molecule has 1 aliphatic carbocycles. The van der Waals surface area contributed by atoms with Crippen molar-refractivity contribution in [3.8, 4) is 0 Å². The molecule has 160 valence electrons. The number of benzene rings is 1. The number of sulfone groups is 1. The first kappa shape index (κ1) is 25.2. The topological polar surface area (TPSA) is 70.6 Å². The van der Waals surface area contributed by atoms with Crippen LogP contribution in [0.3, 0.4) is 0 Å². The quantitative estimate of drug-likeness (QED) is 0.235. The van der Waals surface area contributed by atoms with Gasteiger partial charge in [0.25, 0.3) is 0 Å². The lowest BCUT2D eigenvalue weighted by molar-refractivity contribution is 0.250. The van der Waals surface area contributed by atoms with Crippen LogP contribution in [-0.4, -0.2) is 39.8 Å². The lowest BCUT2D eigenvalue weighted by atomic mass is 9.80. The van der Waals surface area contributed by atoms with Crippen LogP contribution in [0.5, 0.6) is 0 Å². The molecule has 0 spiro atoms. The van der Waals surface area contributed by atoms with Crippen LogP contribution in [0, 0.1) is 11.8 Å². The minimum absolute atomic E-state index is 0. The summed E-state index contributed by atoms with van der Waals surface area (Å²) in [6.45, 7) is 5.23. The molecular formula is C21H36IN3O2S. The van der Waals surface area contributed by atoms with Gasteiger partial charge in [0, 0.05) is 19.6 Å². The van der Waals surface area contributed by atoms with Gasteiger partial charge < -0.3 is 10.6 Å². The van der Waals surface area contributed by atoms with Gasteiger partial charge in [-0.1, -0.05) is 44.2 Å². The average Bonchev–Trinajstić information content (AvgIpc) is 2.65. The second kappa shape index (κ2) is 12.7. The molecule has 1 fully saturated rings. The Hall–Kier alpha value is -0.830. The van der Waals surface area contributed by atoms with E-state index in [0.717, 1.165) is 23.4 Å². The number of guanidine groups is 1. The maximum absolute atomic E-state index is 12.2. The SMILES string of the molecule is CN=C(NCCCS(=O)(=O)Cc1ccccc1)NC1CCC(C(C)C)CC1.I. The van der Waals surface area contributed by atoms with Gasteiger partial charge in [-0.15, -0.1) is 24.0 Å². The van der Waals surface area contributed by atoms with Crippen LogP contribution in [0.1, 0.15) is 51.5 Å². The van der Waals surface area contributed by atoms with Crippen LogP contribution >= 0.6 is 24.0 Å². The van der Waals surface area contributed by atoms with Crippen molar-refractivity contribution in [1.82, 2.24) is 10.6 Å². The molecule has 5 nitrogen and oxygen atoms in total. The van der Waals surface area contributed by atoms with Crippen LogP contribution in [0.2, 0.25) is 0 Å². The van der Waals surface area contributed by atoms with E-state index < -0.39 is 9.84 Å². The Morgan fingerprint density at radius 3 is 2.36 bits per heavy atom. The van der Waals surface area contributed by atoms with Gasteiger partial charge in [-0.2, -0.15) is 0 Å². The van der Waals surface area contributed by atoms with Gasteiger partial charge in [0.1, 0.15) is 0 Å². The Labute approximate surface area is 188 Å². The molecular weight excluding hydrogens is 485 g/mol. The number of rotatable bonds is 8. The fourth-order valence-electron chi connectivity index (χ4n) is 3.72. The first-order valence-electron chi connectivity index (χ1n) is 10.1. The van der Waals surface area contributed by atoms with E-state index in [1.165, 1.54) is 25.7 Å². The van der Waals surface area contributed by atoms with E-state index in [1.807, 2.05) is 30.3 Å². The molecule has 1 aliphatic rings. The first-order valence-corrected chi connectivity index (χ1v) is 11.9. The highest BCUT2D eigenvalue weighted by atomic mass is 127. The van der Waals surface area contributed by atoms with Gasteiger partial charge >= 0.3 is 0 Å². The minimum Gasteiger partial charge on any atom is -0.356 e. The maximum Gasteiger partial charge on any atom is 0.191 e. The first-order chi connectivity index (χ1) is 12.9. The second-order valence-corrected chi connectivity index (χ2v) is 10.1. The Morgan fingerprint density at radius 2 is 1.79 bits per heavy atom. The van der Waals surface area contributed by atoms with E-state index in [2.05, 4.69) is 29.5 Å². The molecule has 2 rings (SSSR count). The molecule has 0 saturated heterocycles. The van der Waals surface area contributed by atoms with E-state index in [0.29, 0.717) is 19.0 Å². The van der Waals surface area contributed by atoms with Crippen molar-refractivity contribution in [2.75, 3.05) is 19.3 Å². The number of halogens is 1. The van der Waals surface area contributed by atoms with E-state index in [-0.39, 0.29) is 35.5 Å². The van der Waals surface area contributed by atoms with Crippen LogP contribution in [0.4, 0.5) is 0 Å². The highest BCUT2D eigenvalue weighted by Crippen LogP contribution is 2.29. The van der Waals surface area contributed by atoms with Crippen LogP contribution in [-0.2, 0) is 15.6 Å². The third-order valence-electron chi connectivity index (χ3n) is 5.43. The molecule has 0 atom stereocenters. The molecule has 1 aromatic rings. The summed E-state index contributed by atoms with van der Waals surface area (Å²) >= 11 is 0. The summed E-state index contributed by atoms with van der Waals surface area (Å²) in [7, 11) is -1.32. The molecule has 0 heterocycles. The average molecular weight is 522 g/mol. The summed E-state index contributed by atoms with van der Waals surface area (Å²) in [4.78, 5) is 4.28. The zero-order valence-electron chi connectivity index (χ0n) is 17.4. The highest BCUT2D eigenvalue weighted by molar-refractivity contribution is 14.0. The predicted molar refractivity (Wildman–Crippen MR) is 129 cm³/mol. The largest absolute Gasteiger partial charge is 0.356 e. The summed E-state index contributed by atoms with van der Waals surface area (Å²) in [6.07, 6.45) is 5.47. The maximum atomic E-state index is 12.2. The van der Waals surface area contributed by atoms with Gasteiger partial charge in [0.05, 0.1) is 11.5 Å².